The van der Waals surface area contributed by atoms with Gasteiger partial charge in [-0.3, -0.25) is 9.69 Å². The number of nitrogens with two attached hydrogens (primary N) is 1. The minimum atomic E-state index is 0.200. The Bertz CT molecular complexity index is 1550. The van der Waals surface area contributed by atoms with Crippen molar-refractivity contribution in [2.75, 3.05) is 19.3 Å². The summed E-state index contributed by atoms with van der Waals surface area (Å²) < 4.78 is 0. The summed E-state index contributed by atoms with van der Waals surface area (Å²) in [6.45, 7) is 35.6. The zero-order valence-corrected chi connectivity index (χ0v) is 43.8. The molecule has 3 aliphatic carbocycles. The molecule has 3 nitrogen and oxygen atoms in total. The van der Waals surface area contributed by atoms with Gasteiger partial charge in [0.2, 0.25) is 0 Å². The number of carbonyl (C=O) groups is 1. The smallest absolute Gasteiger partial charge is 0.158 e. The van der Waals surface area contributed by atoms with Gasteiger partial charge in [-0.1, -0.05) is 197 Å². The SMILES string of the molecule is C=CC(=O)C1CCCC(C/C(C)=C/C=C/C=C/C2(C)CC2C(=C)CC(C)/C(C)=C/CCCC[C@H](C)CC2CCCC(C)C2)C1.C=CC1CCCCN1C.CC.CC.Nc1ccccc1. The highest BCUT2D eigenvalue weighted by molar-refractivity contribution is 5.91. The Kier molecular flexibility index (Phi) is 31.4. The fourth-order valence-corrected chi connectivity index (χ4v) is 10.3. The number of nitrogen functional groups attached to an aromatic ring is 1. The van der Waals surface area contributed by atoms with Crippen LogP contribution in [0.4, 0.5) is 5.69 Å². The molecule has 64 heavy (non-hydrogen) atoms. The Morgan fingerprint density at radius 2 is 1.58 bits per heavy atom. The number of allylic oxidation sites excluding steroid dienone is 10. The number of benzene rings is 1. The van der Waals surface area contributed by atoms with Crippen LogP contribution in [0.15, 0.2) is 115 Å². The number of unbranched alkanes of at least 4 members (excludes halogenated alkanes) is 2. The van der Waals surface area contributed by atoms with E-state index in [1.165, 1.54) is 120 Å². The summed E-state index contributed by atoms with van der Waals surface area (Å²) in [6, 6.07) is 10.1. The van der Waals surface area contributed by atoms with Gasteiger partial charge < -0.3 is 5.73 Å². The van der Waals surface area contributed by atoms with E-state index in [0.29, 0.717) is 23.8 Å². The van der Waals surface area contributed by atoms with Gasteiger partial charge >= 0.3 is 0 Å². The number of hydrogen-bond donors (Lipinski definition) is 1. The molecule has 5 rings (SSSR count). The molecule has 1 aromatic rings. The molecule has 0 amide bonds. The monoisotopic (exact) mass is 879 g/mol. The van der Waals surface area contributed by atoms with Crippen LogP contribution in [0.5, 0.6) is 0 Å². The molecule has 0 bridgehead atoms. The van der Waals surface area contributed by atoms with Crippen LogP contribution >= 0.6 is 0 Å². The minimum absolute atomic E-state index is 0.200. The molecule has 1 heterocycles. The lowest BCUT2D eigenvalue weighted by Gasteiger charge is -2.29. The number of likely N-dealkylation sites (N-methyl/N-ethyl adjacent to an activating group) is 1. The first-order chi connectivity index (χ1) is 30.7. The Hall–Kier alpha value is -3.17. The predicted octanol–water partition coefficient (Wildman–Crippen LogP) is 17.9. The van der Waals surface area contributed by atoms with Crippen molar-refractivity contribution in [3.63, 3.8) is 0 Å². The van der Waals surface area contributed by atoms with Crippen molar-refractivity contribution in [3.8, 4) is 0 Å². The van der Waals surface area contributed by atoms with Gasteiger partial charge in [0.05, 0.1) is 0 Å². The first kappa shape index (κ1) is 58.8. The summed E-state index contributed by atoms with van der Waals surface area (Å²) in [5.41, 5.74) is 10.8. The third-order valence-electron chi connectivity index (χ3n) is 14.5. The van der Waals surface area contributed by atoms with Crippen molar-refractivity contribution >= 4 is 11.5 Å². The molecule has 3 heteroatoms. The topological polar surface area (TPSA) is 46.3 Å². The van der Waals surface area contributed by atoms with Crippen molar-refractivity contribution in [2.24, 2.45) is 46.8 Å². The molecule has 1 aromatic carbocycles. The van der Waals surface area contributed by atoms with Crippen LogP contribution in [-0.2, 0) is 4.79 Å². The van der Waals surface area contributed by atoms with Gasteiger partial charge in [0.15, 0.2) is 5.78 Å². The van der Waals surface area contributed by atoms with Crippen LogP contribution in [0.1, 0.15) is 191 Å². The Balaban J connectivity index is 0.000000838. The van der Waals surface area contributed by atoms with E-state index in [4.69, 9.17) is 5.73 Å². The maximum Gasteiger partial charge on any atom is 0.158 e. The van der Waals surface area contributed by atoms with Crippen molar-refractivity contribution < 1.29 is 4.79 Å². The van der Waals surface area contributed by atoms with Crippen LogP contribution in [0, 0.1) is 46.8 Å². The molecule has 2 N–H and O–H groups in total. The van der Waals surface area contributed by atoms with Crippen LogP contribution in [0.2, 0.25) is 0 Å². The molecule has 4 fully saturated rings. The summed E-state index contributed by atoms with van der Waals surface area (Å²) in [5, 5.41) is 0. The number of ketones is 1. The number of carbonyl (C=O) groups excluding carboxylic acids is 1. The summed E-state index contributed by atoms with van der Waals surface area (Å²) in [6.07, 6.45) is 42.0. The molecular weight excluding hydrogens is 777 g/mol. The Morgan fingerprint density at radius 1 is 0.891 bits per heavy atom. The number of para-hydroxylation sites is 1. The molecule has 4 aliphatic rings. The molecule has 9 atom stereocenters. The zero-order valence-electron chi connectivity index (χ0n) is 43.8. The summed E-state index contributed by atoms with van der Waals surface area (Å²) in [5.74, 6) is 5.13. The second-order valence-electron chi connectivity index (χ2n) is 20.2. The minimum Gasteiger partial charge on any atom is -0.399 e. The van der Waals surface area contributed by atoms with E-state index in [1.807, 2.05) is 58.0 Å². The molecule has 0 spiro atoms. The lowest BCUT2D eigenvalue weighted by atomic mass is 9.77. The van der Waals surface area contributed by atoms with Crippen LogP contribution in [0.25, 0.3) is 0 Å². The highest BCUT2D eigenvalue weighted by Gasteiger charge is 2.49. The van der Waals surface area contributed by atoms with E-state index in [2.05, 4.69) is 116 Å². The first-order valence-corrected chi connectivity index (χ1v) is 26.4. The number of hydrogen-bond acceptors (Lipinski definition) is 3. The van der Waals surface area contributed by atoms with E-state index in [9.17, 15) is 4.79 Å². The summed E-state index contributed by atoms with van der Waals surface area (Å²) in [4.78, 5) is 14.4. The molecule has 1 aliphatic heterocycles. The lowest BCUT2D eigenvalue weighted by Crippen LogP contribution is -2.34. The number of nitrogens with zero attached hydrogens (tertiary/aromatic N) is 1. The van der Waals surface area contributed by atoms with Gasteiger partial charge in [-0.05, 0) is 157 Å². The standard InChI is InChI=1S/C43H68O.C8H15N.C6H7N.2C2H6/c1-9-42(44)40-24-17-23-39(30-40)28-33(3)19-13-11-15-25-43(8)31-41(43)37(7)29-36(6)35(5)21-14-10-12-18-32(2)26-38-22-16-20-34(4)27-38;1-3-8-6-4-5-7-9(8)2;7-6-4-2-1-3-5-6;2*1-2/h9,11,13,15,19,21,25,32,34,36,38-41H,1,7,10,12,14,16-18,20,22-24,26-31H2,2-6,8H3;3,8H,1,4-7H2,2H3;1-5H,7H2;2*1-2H3/b13-11+,25-15+,33-19+,35-21+;;;;/t32-,34?,36?,38?,39?,40?,41?,43?;;;;/m0..../s1. The van der Waals surface area contributed by atoms with Gasteiger partial charge in [-0.2, -0.15) is 0 Å². The van der Waals surface area contributed by atoms with Crippen LogP contribution < -0.4 is 5.73 Å². The Labute approximate surface area is 398 Å². The number of piperidine rings is 1. The van der Waals surface area contributed by atoms with E-state index in [-0.39, 0.29) is 17.1 Å². The number of likely N-dealkylation sites (tertiary alicyclic amines) is 1. The quantitative estimate of drug-likeness (QED) is 0.0495. The highest BCUT2D eigenvalue weighted by Crippen LogP contribution is 2.58. The fraction of sp³-hybridized carbons (Fsp3) is 0.656. The second kappa shape index (κ2) is 34.2. The van der Waals surface area contributed by atoms with Crippen LogP contribution in [0.3, 0.4) is 0 Å². The molecule has 0 radical (unpaired) electrons. The molecule has 362 valence electrons. The number of rotatable bonds is 19. The third-order valence-corrected chi connectivity index (χ3v) is 14.5. The van der Waals surface area contributed by atoms with E-state index in [1.54, 1.807) is 5.57 Å². The molecule has 0 aromatic heterocycles. The van der Waals surface area contributed by atoms with Crippen molar-refractivity contribution in [3.05, 3.63) is 115 Å². The average Bonchev–Trinajstić information content (AvgIpc) is 3.98. The largest absolute Gasteiger partial charge is 0.399 e. The van der Waals surface area contributed by atoms with Gasteiger partial charge in [0.1, 0.15) is 0 Å². The second-order valence-corrected chi connectivity index (χ2v) is 20.2. The molecular formula is C61H102N2O. The van der Waals surface area contributed by atoms with Gasteiger partial charge in [0, 0.05) is 17.6 Å². The maximum atomic E-state index is 12.0. The summed E-state index contributed by atoms with van der Waals surface area (Å²) in [7, 11) is 2.17. The zero-order chi connectivity index (χ0) is 47.9. The van der Waals surface area contributed by atoms with Crippen molar-refractivity contribution in [1.29, 1.82) is 0 Å². The maximum absolute atomic E-state index is 12.0. The molecule has 1 saturated heterocycles. The van der Waals surface area contributed by atoms with Gasteiger partial charge in [0.25, 0.3) is 0 Å². The Morgan fingerprint density at radius 3 is 2.19 bits per heavy atom. The van der Waals surface area contributed by atoms with E-state index < -0.39 is 0 Å². The third kappa shape index (κ3) is 24.4. The number of anilines is 1. The first-order valence-electron chi connectivity index (χ1n) is 26.4. The van der Waals surface area contributed by atoms with Gasteiger partial charge in [-0.25, -0.2) is 0 Å². The normalized spacial score (nSPS) is 26.9. The highest BCUT2D eigenvalue weighted by atomic mass is 16.1. The van der Waals surface area contributed by atoms with E-state index >= 15 is 0 Å². The van der Waals surface area contributed by atoms with E-state index in [0.717, 1.165) is 49.1 Å². The summed E-state index contributed by atoms with van der Waals surface area (Å²) >= 11 is 0. The lowest BCUT2D eigenvalue weighted by molar-refractivity contribution is -0.119. The molecule has 3 saturated carbocycles. The van der Waals surface area contributed by atoms with Crippen molar-refractivity contribution in [1.82, 2.24) is 4.90 Å². The van der Waals surface area contributed by atoms with Crippen molar-refractivity contribution in [2.45, 2.75) is 197 Å². The molecule has 8 unspecified atom stereocenters. The average molecular weight is 879 g/mol. The predicted molar refractivity (Wildman–Crippen MR) is 288 cm³/mol. The fourth-order valence-electron chi connectivity index (χ4n) is 10.3. The van der Waals surface area contributed by atoms with Gasteiger partial charge in [-0.15, -0.1) is 6.58 Å². The van der Waals surface area contributed by atoms with Crippen LogP contribution in [-0.4, -0.2) is 30.3 Å².